The second-order valence-corrected chi connectivity index (χ2v) is 9.31. The van der Waals surface area contributed by atoms with Gasteiger partial charge in [0.1, 0.15) is 11.8 Å². The van der Waals surface area contributed by atoms with E-state index < -0.39 is 16.1 Å². The first kappa shape index (κ1) is 23.7. The van der Waals surface area contributed by atoms with Crippen LogP contribution >= 0.6 is 0 Å². The summed E-state index contributed by atoms with van der Waals surface area (Å²) in [5.74, 6) is 0.437. The van der Waals surface area contributed by atoms with E-state index in [1.54, 1.807) is 26.2 Å². The number of amides is 1. The maximum Gasteiger partial charge on any atom is 0.244 e. The third kappa shape index (κ3) is 5.53. The molecule has 0 aromatic heterocycles. The van der Waals surface area contributed by atoms with Crippen molar-refractivity contribution >= 4 is 21.6 Å². The van der Waals surface area contributed by atoms with Crippen molar-refractivity contribution in [1.29, 1.82) is 0 Å². The van der Waals surface area contributed by atoms with Gasteiger partial charge in [0.05, 0.1) is 25.1 Å². The first-order valence-corrected chi connectivity index (χ1v) is 12.0. The highest BCUT2D eigenvalue weighted by Crippen LogP contribution is 2.26. The topological polar surface area (TPSA) is 75.7 Å². The normalized spacial score (nSPS) is 13.4. The van der Waals surface area contributed by atoms with Gasteiger partial charge in [-0.05, 0) is 61.6 Å². The Bertz CT molecular complexity index is 971. The highest BCUT2D eigenvalue weighted by Gasteiger charge is 2.30. The Morgan fingerprint density at radius 1 is 1.13 bits per heavy atom. The number of anilines is 1. The lowest BCUT2D eigenvalue weighted by molar-refractivity contribution is -0.122. The number of benzene rings is 2. The van der Waals surface area contributed by atoms with E-state index >= 15 is 0 Å². The molecule has 2 atom stereocenters. The Hall–Kier alpha value is -2.54. The molecule has 1 N–H and O–H groups in total. The van der Waals surface area contributed by atoms with Crippen molar-refractivity contribution in [2.24, 2.45) is 0 Å². The summed E-state index contributed by atoms with van der Waals surface area (Å²) in [5, 5.41) is 3.01. The van der Waals surface area contributed by atoms with Gasteiger partial charge in [-0.1, -0.05) is 38.1 Å². The molecule has 1 amide bonds. The fourth-order valence-electron chi connectivity index (χ4n) is 3.52. The van der Waals surface area contributed by atoms with E-state index in [1.807, 2.05) is 51.1 Å². The van der Waals surface area contributed by atoms with Crippen molar-refractivity contribution in [2.45, 2.75) is 52.6 Å². The molecule has 0 aliphatic heterocycles. The molecular formula is C23H32N2O4S. The first-order valence-electron chi connectivity index (χ1n) is 10.2. The molecule has 2 aromatic carbocycles. The van der Waals surface area contributed by atoms with E-state index in [0.717, 1.165) is 35.1 Å². The Morgan fingerprint density at radius 3 is 2.23 bits per heavy atom. The molecule has 0 radical (unpaired) electrons. The van der Waals surface area contributed by atoms with Crippen LogP contribution in [0.3, 0.4) is 0 Å². The number of methoxy groups -OCH3 is 1. The van der Waals surface area contributed by atoms with Crippen LogP contribution in [-0.4, -0.2) is 33.7 Å². The lowest BCUT2D eigenvalue weighted by atomic mass is 10.0. The summed E-state index contributed by atoms with van der Waals surface area (Å²) in [5.41, 5.74) is 3.51. The Morgan fingerprint density at radius 2 is 1.77 bits per heavy atom. The lowest BCUT2D eigenvalue weighted by Crippen LogP contribution is -2.48. The molecule has 0 unspecified atom stereocenters. The largest absolute Gasteiger partial charge is 0.496 e. The third-order valence-corrected chi connectivity index (χ3v) is 6.48. The average Bonchev–Trinajstić information content (AvgIpc) is 2.71. The number of hydrogen-bond acceptors (Lipinski definition) is 4. The maximum atomic E-state index is 13.0. The summed E-state index contributed by atoms with van der Waals surface area (Å²) in [6, 6.07) is 11.9. The van der Waals surface area contributed by atoms with Crippen molar-refractivity contribution in [3.05, 3.63) is 59.2 Å². The number of carbonyl (C=O) groups excluding carboxylic acids is 1. The van der Waals surface area contributed by atoms with Crippen LogP contribution in [0.1, 0.15) is 49.9 Å². The number of rotatable bonds is 9. The smallest absolute Gasteiger partial charge is 0.244 e. The molecule has 0 saturated carbocycles. The van der Waals surface area contributed by atoms with E-state index in [4.69, 9.17) is 4.74 Å². The van der Waals surface area contributed by atoms with E-state index in [9.17, 15) is 13.2 Å². The van der Waals surface area contributed by atoms with Crippen molar-refractivity contribution in [1.82, 2.24) is 5.32 Å². The molecule has 0 heterocycles. The second-order valence-electron chi connectivity index (χ2n) is 7.45. The Labute approximate surface area is 180 Å². The summed E-state index contributed by atoms with van der Waals surface area (Å²) in [7, 11) is -2.03. The summed E-state index contributed by atoms with van der Waals surface area (Å²) in [6.45, 7) is 7.57. The fraction of sp³-hybridized carbons (Fsp3) is 0.435. The molecular weight excluding hydrogens is 400 g/mol. The van der Waals surface area contributed by atoms with Crippen molar-refractivity contribution in [2.75, 3.05) is 17.7 Å². The van der Waals surface area contributed by atoms with Crippen LogP contribution in [0.4, 0.5) is 5.69 Å². The molecule has 30 heavy (non-hydrogen) atoms. The van der Waals surface area contributed by atoms with Gasteiger partial charge in [-0.2, -0.15) is 0 Å². The van der Waals surface area contributed by atoms with E-state index in [1.165, 1.54) is 4.31 Å². The monoisotopic (exact) mass is 432 g/mol. The van der Waals surface area contributed by atoms with E-state index in [-0.39, 0.29) is 11.9 Å². The minimum Gasteiger partial charge on any atom is -0.496 e. The molecule has 0 spiro atoms. The van der Waals surface area contributed by atoms with Gasteiger partial charge in [0, 0.05) is 0 Å². The number of nitrogens with zero attached hydrogens (tertiary/aromatic N) is 1. The van der Waals surface area contributed by atoms with Crippen LogP contribution in [0.2, 0.25) is 0 Å². The molecule has 0 bridgehead atoms. The van der Waals surface area contributed by atoms with Crippen LogP contribution in [0.5, 0.6) is 5.75 Å². The zero-order chi connectivity index (χ0) is 22.5. The van der Waals surface area contributed by atoms with E-state index in [2.05, 4.69) is 5.32 Å². The van der Waals surface area contributed by atoms with Gasteiger partial charge in [-0.25, -0.2) is 8.42 Å². The zero-order valence-corrected chi connectivity index (χ0v) is 19.4. The minimum atomic E-state index is -3.65. The first-order chi connectivity index (χ1) is 14.1. The van der Waals surface area contributed by atoms with Crippen LogP contribution in [0.15, 0.2) is 42.5 Å². The average molecular weight is 433 g/mol. The summed E-state index contributed by atoms with van der Waals surface area (Å²) < 4.78 is 31.5. The van der Waals surface area contributed by atoms with Crippen LogP contribution in [0, 0.1) is 6.92 Å². The lowest BCUT2D eigenvalue weighted by Gasteiger charge is -2.30. The molecule has 2 aromatic rings. The third-order valence-electron chi connectivity index (χ3n) is 5.23. The van der Waals surface area contributed by atoms with Crippen molar-refractivity contribution < 1.29 is 17.9 Å². The van der Waals surface area contributed by atoms with Crippen molar-refractivity contribution in [3.63, 3.8) is 0 Å². The maximum absolute atomic E-state index is 13.0. The molecule has 6 nitrogen and oxygen atoms in total. The SMILES string of the molecule is CCc1ccc(N([C@@H](C)C(=O)N[C@H](CC)c2ccc(OC)c(C)c2)S(C)(=O)=O)cc1. The number of aryl methyl sites for hydroxylation is 2. The van der Waals surface area contributed by atoms with Crippen LogP contribution < -0.4 is 14.4 Å². The highest BCUT2D eigenvalue weighted by molar-refractivity contribution is 7.92. The second kappa shape index (κ2) is 9.98. The number of ether oxygens (including phenoxy) is 1. The fourth-order valence-corrected chi connectivity index (χ4v) is 4.69. The molecule has 7 heteroatoms. The molecule has 0 aliphatic carbocycles. The molecule has 0 saturated heterocycles. The molecule has 0 fully saturated rings. The van der Waals surface area contributed by atoms with Gasteiger partial charge in [0.2, 0.25) is 15.9 Å². The van der Waals surface area contributed by atoms with Crippen LogP contribution in [-0.2, 0) is 21.2 Å². The van der Waals surface area contributed by atoms with Gasteiger partial charge in [0.25, 0.3) is 0 Å². The van der Waals surface area contributed by atoms with Gasteiger partial charge >= 0.3 is 0 Å². The summed E-state index contributed by atoms with van der Waals surface area (Å²) >= 11 is 0. The summed E-state index contributed by atoms with van der Waals surface area (Å²) in [4.78, 5) is 13.0. The highest BCUT2D eigenvalue weighted by atomic mass is 32.2. The zero-order valence-electron chi connectivity index (χ0n) is 18.6. The molecule has 0 aliphatic rings. The van der Waals surface area contributed by atoms with E-state index in [0.29, 0.717) is 12.1 Å². The molecule has 164 valence electrons. The summed E-state index contributed by atoms with van der Waals surface area (Å²) in [6.07, 6.45) is 2.65. The van der Waals surface area contributed by atoms with Crippen LogP contribution in [0.25, 0.3) is 0 Å². The Balaban J connectivity index is 2.28. The number of sulfonamides is 1. The predicted molar refractivity (Wildman–Crippen MR) is 122 cm³/mol. The van der Waals surface area contributed by atoms with Crippen molar-refractivity contribution in [3.8, 4) is 5.75 Å². The van der Waals surface area contributed by atoms with Gasteiger partial charge in [-0.15, -0.1) is 0 Å². The standard InChI is InChI=1S/C23H32N2O4S/c1-7-18-9-12-20(13-10-18)25(30(6,27)28)17(4)23(26)24-21(8-2)19-11-14-22(29-5)16(3)15-19/h9-15,17,21H,7-8H2,1-6H3,(H,24,26)/t17-,21+/m0/s1. The van der Waals surface area contributed by atoms with Gasteiger partial charge < -0.3 is 10.1 Å². The number of hydrogen-bond donors (Lipinski definition) is 1. The minimum absolute atomic E-state index is 0.228. The quantitative estimate of drug-likeness (QED) is 0.650. The van der Waals surface area contributed by atoms with Gasteiger partial charge in [-0.3, -0.25) is 9.10 Å². The molecule has 2 rings (SSSR count). The van der Waals surface area contributed by atoms with Gasteiger partial charge in [0.15, 0.2) is 0 Å². The number of nitrogens with one attached hydrogen (secondary N) is 1. The Kier molecular flexibility index (Phi) is 7.89. The predicted octanol–water partition coefficient (Wildman–Crippen LogP) is 3.99. The number of carbonyl (C=O) groups is 1.